The molecule has 0 aromatic heterocycles. The van der Waals surface area contributed by atoms with Crippen molar-refractivity contribution in [3.8, 4) is 0 Å². The number of β-amino-alcohol motifs (C(OH)–C–C–N with tert-alkyl or cyclic N) is 1. The predicted molar refractivity (Wildman–Crippen MR) is 32.4 cm³/mol. The Labute approximate surface area is 49.4 Å². The van der Waals surface area contributed by atoms with Crippen LogP contribution >= 0.6 is 0 Å². The van der Waals surface area contributed by atoms with Gasteiger partial charge in [-0.15, -0.1) is 0 Å². The molecule has 1 unspecified atom stereocenters. The summed E-state index contributed by atoms with van der Waals surface area (Å²) in [7, 11) is 0. The third-order valence-electron chi connectivity index (χ3n) is 1.45. The highest BCUT2D eigenvalue weighted by atomic mass is 16.3. The standard InChI is InChI=1S/C6H11NO/c1-2-7-4-3-6(8)5-7/h2,6,8H,1,3-5H2. The van der Waals surface area contributed by atoms with Crippen molar-refractivity contribution < 1.29 is 5.11 Å². The Kier molecular flexibility index (Phi) is 1.53. The number of nitrogens with zero attached hydrogens (tertiary/aromatic N) is 1. The monoisotopic (exact) mass is 113 g/mol. The van der Waals surface area contributed by atoms with Crippen molar-refractivity contribution in [2.75, 3.05) is 13.1 Å². The van der Waals surface area contributed by atoms with Gasteiger partial charge in [-0.3, -0.25) is 0 Å². The van der Waals surface area contributed by atoms with Crippen LogP contribution in [-0.4, -0.2) is 29.2 Å². The molecule has 0 spiro atoms. The van der Waals surface area contributed by atoms with Gasteiger partial charge in [0, 0.05) is 13.1 Å². The zero-order valence-electron chi connectivity index (χ0n) is 4.88. The average molecular weight is 113 g/mol. The molecule has 2 nitrogen and oxygen atoms in total. The maximum atomic E-state index is 8.94. The molecular weight excluding hydrogens is 102 g/mol. The first-order chi connectivity index (χ1) is 3.83. The molecule has 1 aliphatic rings. The molecule has 1 saturated heterocycles. The molecule has 1 fully saturated rings. The molecule has 0 aromatic rings. The number of aliphatic hydroxyl groups excluding tert-OH is 1. The number of likely N-dealkylation sites (tertiary alicyclic amines) is 1. The fourth-order valence-electron chi connectivity index (χ4n) is 0.934. The van der Waals surface area contributed by atoms with E-state index in [0.29, 0.717) is 0 Å². The van der Waals surface area contributed by atoms with E-state index >= 15 is 0 Å². The Hall–Kier alpha value is -0.500. The molecule has 1 atom stereocenters. The summed E-state index contributed by atoms with van der Waals surface area (Å²) in [5.41, 5.74) is 0. The van der Waals surface area contributed by atoms with Gasteiger partial charge in [0.25, 0.3) is 0 Å². The van der Waals surface area contributed by atoms with Crippen LogP contribution < -0.4 is 0 Å². The van der Waals surface area contributed by atoms with E-state index in [1.54, 1.807) is 6.20 Å². The predicted octanol–water partition coefficient (Wildman–Crippen LogP) is 0.196. The first kappa shape index (κ1) is 5.63. The second kappa shape index (κ2) is 2.18. The third-order valence-corrected chi connectivity index (χ3v) is 1.45. The van der Waals surface area contributed by atoms with Gasteiger partial charge in [-0.2, -0.15) is 0 Å². The van der Waals surface area contributed by atoms with Crippen molar-refractivity contribution in [2.45, 2.75) is 12.5 Å². The Morgan fingerprint density at radius 3 is 2.75 bits per heavy atom. The van der Waals surface area contributed by atoms with Crippen LogP contribution in [0.3, 0.4) is 0 Å². The van der Waals surface area contributed by atoms with Crippen molar-refractivity contribution >= 4 is 0 Å². The van der Waals surface area contributed by atoms with Gasteiger partial charge in [-0.25, -0.2) is 0 Å². The van der Waals surface area contributed by atoms with Gasteiger partial charge in [-0.1, -0.05) is 6.58 Å². The summed E-state index contributed by atoms with van der Waals surface area (Å²) >= 11 is 0. The number of aliphatic hydroxyl groups is 1. The molecule has 1 aliphatic heterocycles. The largest absolute Gasteiger partial charge is 0.391 e. The smallest absolute Gasteiger partial charge is 0.0731 e. The first-order valence-corrected chi connectivity index (χ1v) is 2.87. The Bertz CT molecular complexity index is 92.5. The molecule has 0 bridgehead atoms. The maximum absolute atomic E-state index is 8.94. The van der Waals surface area contributed by atoms with E-state index in [0.717, 1.165) is 19.5 Å². The summed E-state index contributed by atoms with van der Waals surface area (Å²) in [6.07, 6.45) is 2.55. The molecule has 1 N–H and O–H groups in total. The van der Waals surface area contributed by atoms with Crippen LogP contribution in [0.25, 0.3) is 0 Å². The molecule has 0 saturated carbocycles. The van der Waals surface area contributed by atoms with Gasteiger partial charge in [0.15, 0.2) is 0 Å². The van der Waals surface area contributed by atoms with Crippen LogP contribution in [0.5, 0.6) is 0 Å². The van der Waals surface area contributed by atoms with E-state index in [1.165, 1.54) is 0 Å². The lowest BCUT2D eigenvalue weighted by molar-refractivity contribution is 0.186. The molecule has 1 heterocycles. The van der Waals surface area contributed by atoms with E-state index in [1.807, 2.05) is 4.90 Å². The first-order valence-electron chi connectivity index (χ1n) is 2.87. The van der Waals surface area contributed by atoms with Crippen molar-refractivity contribution in [3.63, 3.8) is 0 Å². The van der Waals surface area contributed by atoms with Crippen LogP contribution in [0.1, 0.15) is 6.42 Å². The molecule has 2 heteroatoms. The summed E-state index contributed by atoms with van der Waals surface area (Å²) in [5, 5.41) is 8.94. The van der Waals surface area contributed by atoms with Crippen molar-refractivity contribution in [1.82, 2.24) is 4.90 Å². The fraction of sp³-hybridized carbons (Fsp3) is 0.667. The molecule has 0 aromatic carbocycles. The lowest BCUT2D eigenvalue weighted by Gasteiger charge is -2.08. The van der Waals surface area contributed by atoms with Gasteiger partial charge >= 0.3 is 0 Å². The highest BCUT2D eigenvalue weighted by Gasteiger charge is 2.15. The van der Waals surface area contributed by atoms with Crippen molar-refractivity contribution in [2.24, 2.45) is 0 Å². The normalized spacial score (nSPS) is 28.6. The molecule has 8 heavy (non-hydrogen) atoms. The fourth-order valence-corrected chi connectivity index (χ4v) is 0.934. The topological polar surface area (TPSA) is 23.5 Å². The molecule has 0 amide bonds. The average Bonchev–Trinajstić information content (AvgIpc) is 2.14. The quantitative estimate of drug-likeness (QED) is 0.525. The zero-order chi connectivity index (χ0) is 5.98. The summed E-state index contributed by atoms with van der Waals surface area (Å²) in [6.45, 7) is 5.32. The highest BCUT2D eigenvalue weighted by molar-refractivity contribution is 4.80. The van der Waals surface area contributed by atoms with Gasteiger partial charge in [0.1, 0.15) is 0 Å². The Morgan fingerprint density at radius 1 is 1.75 bits per heavy atom. The van der Waals surface area contributed by atoms with Crippen LogP contribution in [0.2, 0.25) is 0 Å². The molecule has 1 rings (SSSR count). The summed E-state index contributed by atoms with van der Waals surface area (Å²) in [6, 6.07) is 0. The van der Waals surface area contributed by atoms with E-state index in [2.05, 4.69) is 6.58 Å². The van der Waals surface area contributed by atoms with Crippen LogP contribution in [0.4, 0.5) is 0 Å². The maximum Gasteiger partial charge on any atom is 0.0731 e. The van der Waals surface area contributed by atoms with E-state index in [-0.39, 0.29) is 6.10 Å². The molecule has 46 valence electrons. The van der Waals surface area contributed by atoms with Gasteiger partial charge in [-0.05, 0) is 12.6 Å². The second-order valence-electron chi connectivity index (χ2n) is 2.12. The number of rotatable bonds is 1. The summed E-state index contributed by atoms with van der Waals surface area (Å²) < 4.78 is 0. The minimum absolute atomic E-state index is 0.118. The van der Waals surface area contributed by atoms with E-state index in [4.69, 9.17) is 5.11 Å². The zero-order valence-corrected chi connectivity index (χ0v) is 4.88. The van der Waals surface area contributed by atoms with Crippen LogP contribution in [-0.2, 0) is 0 Å². The number of hydrogen-bond donors (Lipinski definition) is 1. The lowest BCUT2D eigenvalue weighted by Crippen LogP contribution is -2.14. The third kappa shape index (κ3) is 1.01. The Balaban J connectivity index is 2.32. The van der Waals surface area contributed by atoms with E-state index in [9.17, 15) is 0 Å². The molecule has 0 radical (unpaired) electrons. The summed E-state index contributed by atoms with van der Waals surface area (Å²) in [4.78, 5) is 2.02. The van der Waals surface area contributed by atoms with Crippen LogP contribution in [0, 0.1) is 0 Å². The second-order valence-corrected chi connectivity index (χ2v) is 2.12. The van der Waals surface area contributed by atoms with Gasteiger partial charge in [0.05, 0.1) is 6.10 Å². The number of hydrogen-bond acceptors (Lipinski definition) is 2. The van der Waals surface area contributed by atoms with Gasteiger partial charge < -0.3 is 10.0 Å². The van der Waals surface area contributed by atoms with Gasteiger partial charge in [0.2, 0.25) is 0 Å². The minimum atomic E-state index is -0.118. The minimum Gasteiger partial charge on any atom is -0.391 e. The summed E-state index contributed by atoms with van der Waals surface area (Å²) in [5.74, 6) is 0. The highest BCUT2D eigenvalue weighted by Crippen LogP contribution is 2.07. The Morgan fingerprint density at radius 2 is 2.50 bits per heavy atom. The van der Waals surface area contributed by atoms with E-state index < -0.39 is 0 Å². The van der Waals surface area contributed by atoms with Crippen LogP contribution in [0.15, 0.2) is 12.8 Å². The van der Waals surface area contributed by atoms with Crippen molar-refractivity contribution in [1.29, 1.82) is 0 Å². The lowest BCUT2D eigenvalue weighted by atomic mass is 10.3. The van der Waals surface area contributed by atoms with Crippen molar-refractivity contribution in [3.05, 3.63) is 12.8 Å². The SMILES string of the molecule is C=CN1CCC(O)C1. The molecular formula is C6H11NO. The molecule has 0 aliphatic carbocycles.